The van der Waals surface area contributed by atoms with E-state index in [4.69, 9.17) is 23.4 Å². The molecule has 1 aliphatic carbocycles. The third-order valence-corrected chi connectivity index (χ3v) is 12.1. The molecule has 4 aliphatic rings. The summed E-state index contributed by atoms with van der Waals surface area (Å²) >= 11 is 0. The summed E-state index contributed by atoms with van der Waals surface area (Å²) in [7, 11) is 1.59. The standard InChI is InChI=1S/C47H54O8/c1-30(2)38-23-21-32-15-18-33(19-16-32)27-34(20-17-31-11-7-5-8-12-31)28-40(48)52-43-41-39(24-22-35-29-36(25-26-51-4)45(49)53-42(35)41)55-47(3,44(43)54-46(38)50)37-13-9-6-10-14-37/h5,7-8,11-12,15-16,18-19,22,24,29,34,37,43-44H,6,9-10,13-14,17,20-21,23,25-28H2,1-4H3/t34-,43+,44+,47+/m1/s1. The molecule has 1 aromatic heterocycles. The van der Waals surface area contributed by atoms with Crippen molar-refractivity contribution in [3.05, 3.63) is 122 Å². The maximum atomic E-state index is 14.5. The van der Waals surface area contributed by atoms with Gasteiger partial charge in [0.25, 0.3) is 0 Å². The first-order valence-corrected chi connectivity index (χ1v) is 20.1. The van der Waals surface area contributed by atoms with Crippen LogP contribution in [0.1, 0.15) is 106 Å². The van der Waals surface area contributed by atoms with Crippen LogP contribution in [0.5, 0.6) is 5.75 Å². The average Bonchev–Trinajstić information content (AvgIpc) is 3.18. The summed E-state index contributed by atoms with van der Waals surface area (Å²) in [5.41, 5.74) is 4.61. The molecule has 8 nitrogen and oxygen atoms in total. The molecule has 0 N–H and O–H groups in total. The molecule has 1 fully saturated rings. The van der Waals surface area contributed by atoms with Crippen LogP contribution in [0.2, 0.25) is 0 Å². The molecule has 1 saturated carbocycles. The number of rotatable bonds is 7. The number of carbonyl (C=O) groups is 2. The Hall–Kier alpha value is -4.69. The minimum absolute atomic E-state index is 0.0115. The summed E-state index contributed by atoms with van der Waals surface area (Å²) in [4.78, 5) is 42.5. The van der Waals surface area contributed by atoms with Gasteiger partial charge < -0.3 is 23.4 Å². The molecule has 3 aromatic carbocycles. The summed E-state index contributed by atoms with van der Waals surface area (Å²) < 4.78 is 31.7. The molecule has 2 bridgehead atoms. The van der Waals surface area contributed by atoms with Gasteiger partial charge in [-0.2, -0.15) is 0 Å². The van der Waals surface area contributed by atoms with Crippen molar-refractivity contribution >= 4 is 22.9 Å². The molecule has 0 radical (unpaired) electrons. The van der Waals surface area contributed by atoms with Gasteiger partial charge in [-0.3, -0.25) is 4.79 Å². The summed E-state index contributed by atoms with van der Waals surface area (Å²) in [6.07, 6.45) is 6.92. The molecule has 8 heteroatoms. The van der Waals surface area contributed by atoms with Crippen LogP contribution in [0, 0.1) is 11.8 Å². The lowest BCUT2D eigenvalue weighted by Gasteiger charge is -2.49. The molecule has 0 unspecified atom stereocenters. The van der Waals surface area contributed by atoms with Crippen molar-refractivity contribution in [1.82, 2.24) is 0 Å². The number of esters is 2. The van der Waals surface area contributed by atoms with E-state index in [-0.39, 0.29) is 23.8 Å². The SMILES string of the molecule is COCCc1cc2ccc3c(c2oc1=O)[C@@H]1OC(=O)C[C@H](CCc2ccccc2)Cc2ccc(cc2)CCC(=C(C)C)C(=O)O[C@@H]1[C@](C)(C1CCCCC1)O3. The highest BCUT2D eigenvalue weighted by Crippen LogP contribution is 2.52. The van der Waals surface area contributed by atoms with Crippen molar-refractivity contribution in [2.45, 2.75) is 116 Å². The van der Waals surface area contributed by atoms with E-state index in [0.29, 0.717) is 60.1 Å². The van der Waals surface area contributed by atoms with Gasteiger partial charge in [-0.25, -0.2) is 9.59 Å². The molecule has 0 amide bonds. The largest absolute Gasteiger partial charge is 0.483 e. The monoisotopic (exact) mass is 746 g/mol. The van der Waals surface area contributed by atoms with Crippen molar-refractivity contribution in [1.29, 1.82) is 0 Å². The molecular formula is C47H54O8. The van der Waals surface area contributed by atoms with E-state index >= 15 is 0 Å². The van der Waals surface area contributed by atoms with Crippen molar-refractivity contribution in [2.24, 2.45) is 11.8 Å². The number of hydrogen-bond donors (Lipinski definition) is 0. The zero-order valence-corrected chi connectivity index (χ0v) is 32.7. The Labute approximate surface area is 324 Å². The highest BCUT2D eigenvalue weighted by molar-refractivity contribution is 5.90. The van der Waals surface area contributed by atoms with Crippen LogP contribution < -0.4 is 10.4 Å². The first kappa shape index (κ1) is 38.6. The molecule has 0 spiro atoms. The second kappa shape index (κ2) is 17.0. The summed E-state index contributed by atoms with van der Waals surface area (Å²) in [5, 5.41) is 0.663. The van der Waals surface area contributed by atoms with Crippen LogP contribution in [-0.2, 0) is 49.5 Å². The molecule has 3 aliphatic heterocycles. The number of carbonyl (C=O) groups excluding carboxylic acids is 2. The molecule has 4 atom stereocenters. The first-order valence-electron chi connectivity index (χ1n) is 20.1. The highest BCUT2D eigenvalue weighted by atomic mass is 16.6. The number of hydrogen-bond acceptors (Lipinski definition) is 8. The van der Waals surface area contributed by atoms with Crippen LogP contribution in [0.15, 0.2) is 93.2 Å². The Balaban J connectivity index is 1.36. The normalized spacial score (nSPS) is 23.7. The van der Waals surface area contributed by atoms with Gasteiger partial charge in [-0.1, -0.05) is 79.4 Å². The predicted molar refractivity (Wildman–Crippen MR) is 212 cm³/mol. The Bertz CT molecular complexity index is 2070. The average molecular weight is 747 g/mol. The molecule has 4 heterocycles. The summed E-state index contributed by atoms with van der Waals surface area (Å²) in [6, 6.07) is 24.4. The lowest BCUT2D eigenvalue weighted by Crippen LogP contribution is -2.58. The molecule has 4 aromatic rings. The fourth-order valence-corrected chi connectivity index (χ4v) is 8.92. The second-order valence-corrected chi connectivity index (χ2v) is 16.1. The van der Waals surface area contributed by atoms with E-state index < -0.39 is 35.4 Å². The maximum Gasteiger partial charge on any atom is 0.339 e. The van der Waals surface area contributed by atoms with Crippen LogP contribution in [0.3, 0.4) is 0 Å². The molecule has 55 heavy (non-hydrogen) atoms. The minimum Gasteiger partial charge on any atom is -0.483 e. The Morgan fingerprint density at radius 2 is 1.58 bits per heavy atom. The van der Waals surface area contributed by atoms with Crippen LogP contribution in [-0.4, -0.2) is 37.4 Å². The van der Waals surface area contributed by atoms with Gasteiger partial charge in [0, 0.05) is 42.4 Å². The Kier molecular flexibility index (Phi) is 11.9. The number of benzene rings is 3. The highest BCUT2D eigenvalue weighted by Gasteiger charge is 2.56. The Morgan fingerprint density at radius 3 is 2.31 bits per heavy atom. The second-order valence-electron chi connectivity index (χ2n) is 16.1. The lowest BCUT2D eigenvalue weighted by molar-refractivity contribution is -0.201. The van der Waals surface area contributed by atoms with E-state index in [2.05, 4.69) is 36.4 Å². The van der Waals surface area contributed by atoms with Gasteiger partial charge in [0.05, 0.1) is 12.2 Å². The smallest absolute Gasteiger partial charge is 0.339 e. The van der Waals surface area contributed by atoms with E-state index in [9.17, 15) is 14.4 Å². The Morgan fingerprint density at radius 1 is 0.836 bits per heavy atom. The predicted octanol–water partition coefficient (Wildman–Crippen LogP) is 9.37. The fraction of sp³-hybridized carbons (Fsp3) is 0.468. The van der Waals surface area contributed by atoms with Crippen molar-refractivity contribution in [2.75, 3.05) is 13.7 Å². The maximum absolute atomic E-state index is 14.5. The summed E-state index contributed by atoms with van der Waals surface area (Å²) in [5.74, 6) is -0.360. The number of ether oxygens (including phenoxy) is 4. The lowest BCUT2D eigenvalue weighted by atomic mass is 9.71. The first-order chi connectivity index (χ1) is 26.6. The van der Waals surface area contributed by atoms with Crippen molar-refractivity contribution < 1.29 is 33.0 Å². The van der Waals surface area contributed by atoms with Gasteiger partial charge in [-0.05, 0) is 107 Å². The zero-order chi connectivity index (χ0) is 38.5. The van der Waals surface area contributed by atoms with Crippen LogP contribution in [0.25, 0.3) is 11.0 Å². The molecular weight excluding hydrogens is 693 g/mol. The minimum atomic E-state index is -1.08. The van der Waals surface area contributed by atoms with E-state index in [1.807, 2.05) is 51.1 Å². The zero-order valence-electron chi connectivity index (χ0n) is 32.7. The van der Waals surface area contributed by atoms with Crippen molar-refractivity contribution in [3.8, 4) is 5.75 Å². The van der Waals surface area contributed by atoms with Gasteiger partial charge in [0.15, 0.2) is 12.2 Å². The number of methoxy groups -OCH3 is 1. The van der Waals surface area contributed by atoms with Crippen molar-refractivity contribution in [3.63, 3.8) is 0 Å². The molecule has 290 valence electrons. The number of aryl methyl sites for hydroxylation is 2. The third kappa shape index (κ3) is 8.60. The van der Waals surface area contributed by atoms with E-state index in [1.165, 1.54) is 5.56 Å². The molecule has 0 saturated heterocycles. The number of fused-ring (bicyclic) bond motifs is 13. The molecule has 8 rings (SSSR count). The van der Waals surface area contributed by atoms with Gasteiger partial charge in [0.1, 0.15) is 16.9 Å². The topological polar surface area (TPSA) is 101 Å². The summed E-state index contributed by atoms with van der Waals surface area (Å²) in [6.45, 7) is 6.23. The van der Waals surface area contributed by atoms with E-state index in [0.717, 1.165) is 61.6 Å². The number of allylic oxidation sites excluding steroid dienone is 1. The van der Waals surface area contributed by atoms with Gasteiger partial charge in [-0.15, -0.1) is 0 Å². The van der Waals surface area contributed by atoms with Gasteiger partial charge in [0.2, 0.25) is 0 Å². The van der Waals surface area contributed by atoms with E-state index in [1.54, 1.807) is 13.2 Å². The quantitative estimate of drug-likeness (QED) is 0.105. The third-order valence-electron chi connectivity index (χ3n) is 12.1. The fourth-order valence-electron chi connectivity index (χ4n) is 8.92. The van der Waals surface area contributed by atoms with Crippen LogP contribution >= 0.6 is 0 Å². The van der Waals surface area contributed by atoms with Crippen LogP contribution in [0.4, 0.5) is 0 Å². The van der Waals surface area contributed by atoms with Gasteiger partial charge >= 0.3 is 17.6 Å².